The number of nitrogens with zero attached hydrogens (tertiary/aromatic N) is 2. The van der Waals surface area contributed by atoms with E-state index in [-0.39, 0.29) is 6.04 Å². The SMILES string of the molecule is CCc1nnsc1C(NC)c1cccc2c1OCCC2. The lowest BCUT2D eigenvalue weighted by molar-refractivity contribution is 0.283. The second kappa shape index (κ2) is 5.89. The van der Waals surface area contributed by atoms with Crippen LogP contribution in [0.5, 0.6) is 5.75 Å². The molecule has 2 aromatic rings. The maximum absolute atomic E-state index is 5.93. The molecular formula is C15H19N3OS. The topological polar surface area (TPSA) is 47.0 Å². The number of fused-ring (bicyclic) bond motifs is 1. The van der Waals surface area contributed by atoms with Crippen LogP contribution in [0.4, 0.5) is 0 Å². The predicted octanol–water partition coefficient (Wildman–Crippen LogP) is 2.73. The van der Waals surface area contributed by atoms with E-state index < -0.39 is 0 Å². The van der Waals surface area contributed by atoms with Crippen molar-refractivity contribution in [1.82, 2.24) is 14.9 Å². The van der Waals surface area contributed by atoms with Gasteiger partial charge >= 0.3 is 0 Å². The molecule has 2 heterocycles. The molecule has 0 spiro atoms. The van der Waals surface area contributed by atoms with Crippen LogP contribution in [-0.4, -0.2) is 23.2 Å². The van der Waals surface area contributed by atoms with Gasteiger partial charge in [0, 0.05) is 5.56 Å². The van der Waals surface area contributed by atoms with E-state index in [1.807, 2.05) is 7.05 Å². The molecule has 1 unspecified atom stereocenters. The first-order valence-electron chi connectivity index (χ1n) is 7.08. The molecule has 1 aliphatic heterocycles. The Bertz CT molecular complexity index is 597. The summed E-state index contributed by atoms with van der Waals surface area (Å²) >= 11 is 1.47. The first-order valence-corrected chi connectivity index (χ1v) is 7.85. The third kappa shape index (κ3) is 2.31. The van der Waals surface area contributed by atoms with Gasteiger partial charge in [-0.3, -0.25) is 0 Å². The van der Waals surface area contributed by atoms with Crippen molar-refractivity contribution < 1.29 is 4.74 Å². The van der Waals surface area contributed by atoms with Crippen molar-refractivity contribution >= 4 is 11.5 Å². The number of benzene rings is 1. The Balaban J connectivity index is 2.06. The number of rotatable bonds is 4. The summed E-state index contributed by atoms with van der Waals surface area (Å²) in [5.74, 6) is 1.05. The Morgan fingerprint density at radius 3 is 3.15 bits per heavy atom. The van der Waals surface area contributed by atoms with E-state index in [4.69, 9.17) is 4.74 Å². The summed E-state index contributed by atoms with van der Waals surface area (Å²) in [7, 11) is 1.98. The molecule has 5 heteroatoms. The number of aromatic nitrogens is 2. The Morgan fingerprint density at radius 2 is 2.35 bits per heavy atom. The molecule has 106 valence electrons. The van der Waals surface area contributed by atoms with Crippen molar-refractivity contribution in [1.29, 1.82) is 0 Å². The number of hydrogen-bond acceptors (Lipinski definition) is 5. The van der Waals surface area contributed by atoms with Gasteiger partial charge < -0.3 is 10.1 Å². The van der Waals surface area contributed by atoms with Gasteiger partial charge in [-0.15, -0.1) is 5.10 Å². The molecule has 0 amide bonds. The van der Waals surface area contributed by atoms with Crippen LogP contribution in [0.15, 0.2) is 18.2 Å². The number of hydrogen-bond donors (Lipinski definition) is 1. The molecule has 1 atom stereocenters. The monoisotopic (exact) mass is 289 g/mol. The van der Waals surface area contributed by atoms with Crippen molar-refractivity contribution in [2.24, 2.45) is 0 Å². The van der Waals surface area contributed by atoms with Gasteiger partial charge in [0.2, 0.25) is 0 Å². The third-order valence-electron chi connectivity index (χ3n) is 3.75. The zero-order valence-corrected chi connectivity index (χ0v) is 12.7. The molecule has 1 aromatic heterocycles. The van der Waals surface area contributed by atoms with Gasteiger partial charge in [-0.25, -0.2) is 0 Å². The number of para-hydroxylation sites is 1. The quantitative estimate of drug-likeness (QED) is 0.940. The summed E-state index contributed by atoms with van der Waals surface area (Å²) in [6.45, 7) is 2.92. The average Bonchev–Trinajstić information content (AvgIpc) is 2.97. The smallest absolute Gasteiger partial charge is 0.127 e. The highest BCUT2D eigenvalue weighted by Crippen LogP contribution is 2.37. The van der Waals surface area contributed by atoms with E-state index >= 15 is 0 Å². The van der Waals surface area contributed by atoms with E-state index in [0.29, 0.717) is 0 Å². The minimum atomic E-state index is 0.109. The molecule has 0 fully saturated rings. The molecule has 3 rings (SSSR count). The highest BCUT2D eigenvalue weighted by Gasteiger charge is 2.24. The molecule has 0 radical (unpaired) electrons. The number of aryl methyl sites for hydroxylation is 2. The highest BCUT2D eigenvalue weighted by molar-refractivity contribution is 7.05. The van der Waals surface area contributed by atoms with Crippen LogP contribution in [0.3, 0.4) is 0 Å². The van der Waals surface area contributed by atoms with Crippen LogP contribution in [0, 0.1) is 0 Å². The summed E-state index contributed by atoms with van der Waals surface area (Å²) in [6.07, 6.45) is 3.10. The summed E-state index contributed by atoms with van der Waals surface area (Å²) in [6, 6.07) is 6.53. The van der Waals surface area contributed by atoms with E-state index in [2.05, 4.69) is 40.0 Å². The number of nitrogens with one attached hydrogen (secondary N) is 1. The van der Waals surface area contributed by atoms with Crippen LogP contribution in [0.25, 0.3) is 0 Å². The molecule has 1 aromatic carbocycles. The van der Waals surface area contributed by atoms with Gasteiger partial charge in [0.1, 0.15) is 5.75 Å². The van der Waals surface area contributed by atoms with E-state index in [9.17, 15) is 0 Å². The van der Waals surface area contributed by atoms with Crippen LogP contribution in [-0.2, 0) is 12.8 Å². The molecule has 1 N–H and O–H groups in total. The van der Waals surface area contributed by atoms with Crippen LogP contribution in [0.1, 0.15) is 41.1 Å². The highest BCUT2D eigenvalue weighted by atomic mass is 32.1. The normalized spacial score (nSPS) is 15.5. The van der Waals surface area contributed by atoms with Gasteiger partial charge in [-0.05, 0) is 43.4 Å². The Labute approximate surface area is 123 Å². The first-order chi connectivity index (χ1) is 9.85. The average molecular weight is 289 g/mol. The van der Waals surface area contributed by atoms with E-state index in [0.717, 1.165) is 37.3 Å². The lowest BCUT2D eigenvalue weighted by Crippen LogP contribution is -2.21. The lowest BCUT2D eigenvalue weighted by atomic mass is 9.96. The summed E-state index contributed by atoms with van der Waals surface area (Å²) in [5.41, 5.74) is 3.58. The van der Waals surface area contributed by atoms with Gasteiger partial charge in [-0.1, -0.05) is 29.6 Å². The molecule has 0 saturated heterocycles. The van der Waals surface area contributed by atoms with Crippen molar-refractivity contribution in [2.75, 3.05) is 13.7 Å². The maximum Gasteiger partial charge on any atom is 0.127 e. The standard InChI is InChI=1S/C15H19N3OS/c1-3-12-15(20-18-17-12)13(16-2)11-8-4-6-10-7-5-9-19-14(10)11/h4,6,8,13,16H,3,5,7,9H2,1-2H3. The lowest BCUT2D eigenvalue weighted by Gasteiger charge is -2.24. The Kier molecular flexibility index (Phi) is 3.98. The van der Waals surface area contributed by atoms with E-state index in [1.54, 1.807) is 0 Å². The van der Waals surface area contributed by atoms with Crippen LogP contribution < -0.4 is 10.1 Å². The number of ether oxygens (including phenoxy) is 1. The van der Waals surface area contributed by atoms with Gasteiger partial charge in [0.25, 0.3) is 0 Å². The fourth-order valence-corrected chi connectivity index (χ4v) is 3.62. The maximum atomic E-state index is 5.93. The first kappa shape index (κ1) is 13.5. The summed E-state index contributed by atoms with van der Waals surface area (Å²) in [4.78, 5) is 1.19. The van der Waals surface area contributed by atoms with Crippen LogP contribution in [0.2, 0.25) is 0 Å². The Morgan fingerprint density at radius 1 is 1.45 bits per heavy atom. The summed E-state index contributed by atoms with van der Waals surface area (Å²) < 4.78 is 10.0. The van der Waals surface area contributed by atoms with Gasteiger partial charge in [0.15, 0.2) is 0 Å². The molecule has 0 saturated carbocycles. The van der Waals surface area contributed by atoms with Crippen molar-refractivity contribution in [3.8, 4) is 5.75 Å². The van der Waals surface area contributed by atoms with Gasteiger partial charge in [-0.2, -0.15) is 0 Å². The van der Waals surface area contributed by atoms with Gasteiger partial charge in [0.05, 0.1) is 23.2 Å². The fraction of sp³-hybridized carbons (Fsp3) is 0.467. The second-order valence-electron chi connectivity index (χ2n) is 4.95. The molecule has 20 heavy (non-hydrogen) atoms. The zero-order valence-electron chi connectivity index (χ0n) is 11.8. The largest absolute Gasteiger partial charge is 0.493 e. The molecule has 0 bridgehead atoms. The minimum absolute atomic E-state index is 0.109. The predicted molar refractivity (Wildman–Crippen MR) is 80.4 cm³/mol. The zero-order chi connectivity index (χ0) is 13.9. The third-order valence-corrected chi connectivity index (χ3v) is 4.58. The van der Waals surface area contributed by atoms with E-state index in [1.165, 1.54) is 27.5 Å². The van der Waals surface area contributed by atoms with Crippen molar-refractivity contribution in [3.63, 3.8) is 0 Å². The molecule has 4 nitrogen and oxygen atoms in total. The molecular weight excluding hydrogens is 270 g/mol. The van der Waals surface area contributed by atoms with Crippen molar-refractivity contribution in [3.05, 3.63) is 39.9 Å². The molecule has 1 aliphatic rings. The Hall–Kier alpha value is -1.46. The minimum Gasteiger partial charge on any atom is -0.493 e. The van der Waals surface area contributed by atoms with Crippen LogP contribution >= 0.6 is 11.5 Å². The fourth-order valence-electron chi connectivity index (χ4n) is 2.75. The summed E-state index contributed by atoms with van der Waals surface area (Å²) in [5, 5.41) is 7.62. The molecule has 0 aliphatic carbocycles. The van der Waals surface area contributed by atoms with Crippen molar-refractivity contribution in [2.45, 2.75) is 32.2 Å². The second-order valence-corrected chi connectivity index (χ2v) is 5.73.